The fourth-order valence-electron chi connectivity index (χ4n) is 2.88. The number of hydrogen-bond acceptors (Lipinski definition) is 5. The number of hydrogen-bond donors (Lipinski definition) is 3. The predicted molar refractivity (Wildman–Crippen MR) is 95.6 cm³/mol. The molecule has 1 heterocycles. The first-order valence-corrected chi connectivity index (χ1v) is 8.87. The van der Waals surface area contributed by atoms with Gasteiger partial charge in [0.2, 0.25) is 11.8 Å². The molecule has 1 aromatic carbocycles. The number of rotatable bonds is 9. The van der Waals surface area contributed by atoms with Crippen LogP contribution in [0.2, 0.25) is 0 Å². The number of nitrogens with one attached hydrogen (secondary N) is 2. The molecule has 1 atom stereocenters. The van der Waals surface area contributed by atoms with E-state index in [1.54, 1.807) is 0 Å². The maximum atomic E-state index is 12.1. The molecule has 0 spiro atoms. The number of hydrazine groups is 1. The Balaban J connectivity index is 1.92. The molecule has 0 aliphatic carbocycles. The normalized spacial score (nSPS) is 17.8. The third-order valence-electron chi connectivity index (χ3n) is 4.31. The molecule has 4 N–H and O–H groups in total. The standard InChI is InChI=1S/C18H28N4O3/c1-2-3-4-11-25-15-7-5-14(6-8-15)13-22-10-9-20-18(24)16(22)12-17(23)21-19/h5-8,16H,2-4,9-13,19H2,1H3,(H,20,24)(H,21,23). The Labute approximate surface area is 148 Å². The highest BCUT2D eigenvalue weighted by Crippen LogP contribution is 2.17. The monoisotopic (exact) mass is 348 g/mol. The fourth-order valence-corrected chi connectivity index (χ4v) is 2.88. The van der Waals surface area contributed by atoms with Gasteiger partial charge in [-0.15, -0.1) is 0 Å². The second kappa shape index (κ2) is 10.0. The first-order chi connectivity index (χ1) is 12.1. The lowest BCUT2D eigenvalue weighted by atomic mass is 10.1. The van der Waals surface area contributed by atoms with Gasteiger partial charge >= 0.3 is 0 Å². The van der Waals surface area contributed by atoms with E-state index in [2.05, 4.69) is 17.7 Å². The van der Waals surface area contributed by atoms with Crippen molar-refractivity contribution < 1.29 is 14.3 Å². The van der Waals surface area contributed by atoms with E-state index in [9.17, 15) is 9.59 Å². The number of ether oxygens (including phenoxy) is 1. The minimum Gasteiger partial charge on any atom is -0.494 e. The quantitative estimate of drug-likeness (QED) is 0.267. The van der Waals surface area contributed by atoms with Gasteiger partial charge in [0.1, 0.15) is 5.75 Å². The smallest absolute Gasteiger partial charge is 0.237 e. The fraction of sp³-hybridized carbons (Fsp3) is 0.556. The summed E-state index contributed by atoms with van der Waals surface area (Å²) in [6.45, 7) is 4.78. The van der Waals surface area contributed by atoms with E-state index in [-0.39, 0.29) is 18.2 Å². The zero-order valence-corrected chi connectivity index (χ0v) is 14.8. The number of piperazine rings is 1. The first kappa shape index (κ1) is 19.2. The average molecular weight is 348 g/mol. The van der Waals surface area contributed by atoms with Crippen LogP contribution in [0.3, 0.4) is 0 Å². The summed E-state index contributed by atoms with van der Waals surface area (Å²) in [7, 11) is 0. The molecule has 1 saturated heterocycles. The van der Waals surface area contributed by atoms with Gasteiger partial charge in [-0.05, 0) is 24.1 Å². The van der Waals surface area contributed by atoms with Crippen LogP contribution in [0, 0.1) is 0 Å². The van der Waals surface area contributed by atoms with E-state index in [1.165, 1.54) is 12.8 Å². The number of nitrogens with two attached hydrogens (primary N) is 1. The molecule has 138 valence electrons. The van der Waals surface area contributed by atoms with E-state index in [0.29, 0.717) is 19.6 Å². The Morgan fingerprint density at radius 1 is 1.36 bits per heavy atom. The zero-order chi connectivity index (χ0) is 18.1. The molecule has 7 heteroatoms. The van der Waals surface area contributed by atoms with Gasteiger partial charge in [-0.1, -0.05) is 31.9 Å². The van der Waals surface area contributed by atoms with E-state index >= 15 is 0 Å². The van der Waals surface area contributed by atoms with Crippen LogP contribution < -0.4 is 21.3 Å². The second-order valence-electron chi connectivity index (χ2n) is 6.25. The molecular formula is C18H28N4O3. The van der Waals surface area contributed by atoms with Crippen LogP contribution in [0.15, 0.2) is 24.3 Å². The Bertz CT molecular complexity index is 562. The SMILES string of the molecule is CCCCCOc1ccc(CN2CCNC(=O)C2CC(=O)NN)cc1. The van der Waals surface area contributed by atoms with Crippen LogP contribution in [0.1, 0.15) is 38.2 Å². The van der Waals surface area contributed by atoms with Crippen LogP contribution in [0.5, 0.6) is 5.75 Å². The maximum absolute atomic E-state index is 12.1. The number of unbranched alkanes of at least 4 members (excludes halogenated alkanes) is 2. The average Bonchev–Trinajstić information content (AvgIpc) is 2.63. The summed E-state index contributed by atoms with van der Waals surface area (Å²) in [5, 5.41) is 2.80. The van der Waals surface area contributed by atoms with Crippen molar-refractivity contribution in [3.8, 4) is 5.75 Å². The second-order valence-corrected chi connectivity index (χ2v) is 6.25. The molecule has 0 saturated carbocycles. The predicted octanol–water partition coefficient (Wildman–Crippen LogP) is 0.936. The van der Waals surface area contributed by atoms with Crippen molar-refractivity contribution in [2.45, 2.75) is 45.2 Å². The molecule has 1 aromatic rings. The molecular weight excluding hydrogens is 320 g/mol. The molecule has 0 radical (unpaired) electrons. The summed E-state index contributed by atoms with van der Waals surface area (Å²) in [6.07, 6.45) is 3.47. The summed E-state index contributed by atoms with van der Waals surface area (Å²) >= 11 is 0. The maximum Gasteiger partial charge on any atom is 0.237 e. The van der Waals surface area contributed by atoms with E-state index in [0.717, 1.165) is 24.3 Å². The number of amides is 2. The summed E-state index contributed by atoms with van der Waals surface area (Å²) in [5.41, 5.74) is 3.17. The van der Waals surface area contributed by atoms with Crippen LogP contribution in [0.4, 0.5) is 0 Å². The van der Waals surface area contributed by atoms with E-state index < -0.39 is 6.04 Å². The molecule has 25 heavy (non-hydrogen) atoms. The van der Waals surface area contributed by atoms with Gasteiger partial charge in [-0.2, -0.15) is 0 Å². The Hall–Kier alpha value is -2.12. The zero-order valence-electron chi connectivity index (χ0n) is 14.8. The van der Waals surface area contributed by atoms with Crippen molar-refractivity contribution in [3.63, 3.8) is 0 Å². The van der Waals surface area contributed by atoms with Crippen molar-refractivity contribution in [1.82, 2.24) is 15.6 Å². The lowest BCUT2D eigenvalue weighted by Crippen LogP contribution is -2.56. The first-order valence-electron chi connectivity index (χ1n) is 8.87. The van der Waals surface area contributed by atoms with Gasteiger partial charge in [0.25, 0.3) is 0 Å². The topological polar surface area (TPSA) is 96.7 Å². The lowest BCUT2D eigenvalue weighted by molar-refractivity contribution is -0.134. The van der Waals surface area contributed by atoms with Gasteiger partial charge in [-0.25, -0.2) is 5.84 Å². The van der Waals surface area contributed by atoms with Crippen molar-refractivity contribution >= 4 is 11.8 Å². The van der Waals surface area contributed by atoms with Crippen LogP contribution in [-0.4, -0.2) is 42.5 Å². The van der Waals surface area contributed by atoms with Crippen molar-refractivity contribution in [3.05, 3.63) is 29.8 Å². The van der Waals surface area contributed by atoms with Crippen molar-refractivity contribution in [2.75, 3.05) is 19.7 Å². The number of benzene rings is 1. The Kier molecular flexibility index (Phi) is 7.69. The Morgan fingerprint density at radius 2 is 2.12 bits per heavy atom. The molecule has 1 aliphatic rings. The Morgan fingerprint density at radius 3 is 2.80 bits per heavy atom. The highest BCUT2D eigenvalue weighted by Gasteiger charge is 2.31. The van der Waals surface area contributed by atoms with Gasteiger partial charge in [0, 0.05) is 19.6 Å². The van der Waals surface area contributed by atoms with E-state index in [1.807, 2.05) is 29.2 Å². The third kappa shape index (κ3) is 6.03. The molecule has 0 bridgehead atoms. The summed E-state index contributed by atoms with van der Waals surface area (Å²) < 4.78 is 5.71. The molecule has 1 unspecified atom stereocenters. The molecule has 1 aliphatic heterocycles. The van der Waals surface area contributed by atoms with Gasteiger partial charge in [0.15, 0.2) is 0 Å². The van der Waals surface area contributed by atoms with Crippen molar-refractivity contribution in [2.24, 2.45) is 5.84 Å². The van der Waals surface area contributed by atoms with Gasteiger partial charge < -0.3 is 10.1 Å². The number of nitrogens with zero attached hydrogens (tertiary/aromatic N) is 1. The molecule has 0 aromatic heterocycles. The van der Waals surface area contributed by atoms with Crippen LogP contribution in [0.25, 0.3) is 0 Å². The van der Waals surface area contributed by atoms with Gasteiger partial charge in [-0.3, -0.25) is 19.9 Å². The highest BCUT2D eigenvalue weighted by atomic mass is 16.5. The number of carbonyl (C=O) groups is 2. The molecule has 1 fully saturated rings. The summed E-state index contributed by atoms with van der Waals surface area (Å²) in [4.78, 5) is 25.6. The van der Waals surface area contributed by atoms with Gasteiger partial charge in [0.05, 0.1) is 19.1 Å². The third-order valence-corrected chi connectivity index (χ3v) is 4.31. The lowest BCUT2D eigenvalue weighted by Gasteiger charge is -2.34. The largest absolute Gasteiger partial charge is 0.494 e. The van der Waals surface area contributed by atoms with Crippen LogP contribution in [-0.2, 0) is 16.1 Å². The number of carbonyl (C=O) groups excluding carboxylic acids is 2. The molecule has 2 rings (SSSR count). The van der Waals surface area contributed by atoms with Crippen LogP contribution >= 0.6 is 0 Å². The minimum absolute atomic E-state index is 0.0565. The highest BCUT2D eigenvalue weighted by molar-refractivity contribution is 5.88. The minimum atomic E-state index is -0.498. The molecule has 7 nitrogen and oxygen atoms in total. The summed E-state index contributed by atoms with van der Waals surface area (Å²) in [5.74, 6) is 5.52. The van der Waals surface area contributed by atoms with E-state index in [4.69, 9.17) is 10.6 Å². The van der Waals surface area contributed by atoms with Crippen molar-refractivity contribution in [1.29, 1.82) is 0 Å². The molecule has 2 amide bonds. The summed E-state index contributed by atoms with van der Waals surface area (Å²) in [6, 6.07) is 7.41.